The van der Waals surface area contributed by atoms with Crippen molar-refractivity contribution in [2.75, 3.05) is 25.2 Å². The summed E-state index contributed by atoms with van der Waals surface area (Å²) < 4.78 is 5.23. The number of carbonyl (C=O) groups is 1. The third kappa shape index (κ3) is 4.07. The van der Waals surface area contributed by atoms with Crippen molar-refractivity contribution in [3.63, 3.8) is 0 Å². The summed E-state index contributed by atoms with van der Waals surface area (Å²) in [6.45, 7) is 6.74. The molecular weight excluding hydrogens is 380 g/mol. The molecule has 1 aliphatic heterocycles. The lowest BCUT2D eigenvalue weighted by Gasteiger charge is -2.35. The molecular formula is C24H26N2O2S. The summed E-state index contributed by atoms with van der Waals surface area (Å²) in [6, 6.07) is 17.9. The molecule has 150 valence electrons. The molecule has 2 heterocycles. The van der Waals surface area contributed by atoms with Gasteiger partial charge in [0.15, 0.2) is 0 Å². The largest absolute Gasteiger partial charge is 0.497 e. The first-order chi connectivity index (χ1) is 14.1. The second-order valence-corrected chi connectivity index (χ2v) is 8.66. The van der Waals surface area contributed by atoms with Gasteiger partial charge in [-0.3, -0.25) is 14.6 Å². The second kappa shape index (κ2) is 8.39. The van der Waals surface area contributed by atoms with E-state index in [-0.39, 0.29) is 5.91 Å². The van der Waals surface area contributed by atoms with Crippen molar-refractivity contribution in [2.45, 2.75) is 26.8 Å². The topological polar surface area (TPSA) is 32.8 Å². The number of hydrogen-bond acceptors (Lipinski definition) is 4. The monoisotopic (exact) mass is 406 g/mol. The number of fused-ring (bicyclic) bond motifs is 1. The molecule has 4 nitrogen and oxygen atoms in total. The van der Waals surface area contributed by atoms with Crippen LogP contribution in [0.25, 0.3) is 0 Å². The highest BCUT2D eigenvalue weighted by molar-refractivity contribution is 7.16. The number of ether oxygens (including phenoxy) is 1. The fraction of sp³-hybridized carbons (Fsp3) is 0.292. The number of anilines is 1. The quantitative estimate of drug-likeness (QED) is 0.595. The second-order valence-electron chi connectivity index (χ2n) is 7.46. The number of nitrogens with zero attached hydrogens (tertiary/aromatic N) is 2. The van der Waals surface area contributed by atoms with Crippen LogP contribution in [0.1, 0.15) is 31.9 Å². The number of hydrogen-bond donors (Lipinski definition) is 0. The van der Waals surface area contributed by atoms with E-state index < -0.39 is 0 Å². The number of amides is 1. The fourth-order valence-electron chi connectivity index (χ4n) is 3.73. The Hall–Kier alpha value is -2.63. The van der Waals surface area contributed by atoms with Crippen LogP contribution in [0.2, 0.25) is 0 Å². The maximum atomic E-state index is 13.4. The van der Waals surface area contributed by atoms with E-state index in [9.17, 15) is 4.79 Å². The predicted molar refractivity (Wildman–Crippen MR) is 119 cm³/mol. The van der Waals surface area contributed by atoms with Gasteiger partial charge in [0, 0.05) is 29.1 Å². The number of aryl methyl sites for hydroxylation is 1. The maximum absolute atomic E-state index is 13.4. The molecule has 0 saturated carbocycles. The maximum Gasteiger partial charge on any atom is 0.260 e. The predicted octanol–water partition coefficient (Wildman–Crippen LogP) is 5.04. The first-order valence-corrected chi connectivity index (χ1v) is 10.7. The van der Waals surface area contributed by atoms with E-state index in [2.05, 4.69) is 43.0 Å². The minimum absolute atomic E-state index is 0.0413. The lowest BCUT2D eigenvalue weighted by molar-refractivity contribution is 0.0960. The van der Waals surface area contributed by atoms with Gasteiger partial charge in [-0.1, -0.05) is 30.3 Å². The lowest BCUT2D eigenvalue weighted by atomic mass is 10.1. The standard InChI is InChI=1S/C24H26N2O2S/c1-17-18(2)29-24-22(17)15-25(14-13-19-7-5-4-6-8-19)16-26(24)23(27)20-9-11-21(28-3)12-10-20/h4-12H,13-16H2,1-3H3. The van der Waals surface area contributed by atoms with Crippen LogP contribution in [0.4, 0.5) is 5.00 Å². The van der Waals surface area contributed by atoms with Gasteiger partial charge in [0.05, 0.1) is 13.8 Å². The average molecular weight is 407 g/mol. The molecule has 0 spiro atoms. The Kier molecular flexibility index (Phi) is 5.69. The number of methoxy groups -OCH3 is 1. The van der Waals surface area contributed by atoms with Crippen molar-refractivity contribution in [1.29, 1.82) is 0 Å². The first-order valence-electron chi connectivity index (χ1n) is 9.88. The van der Waals surface area contributed by atoms with Crippen LogP contribution in [-0.2, 0) is 13.0 Å². The van der Waals surface area contributed by atoms with E-state index in [0.29, 0.717) is 12.2 Å². The molecule has 1 aliphatic rings. The van der Waals surface area contributed by atoms with Gasteiger partial charge in [-0.2, -0.15) is 0 Å². The van der Waals surface area contributed by atoms with E-state index in [0.717, 1.165) is 30.3 Å². The van der Waals surface area contributed by atoms with Crippen molar-refractivity contribution in [3.8, 4) is 5.75 Å². The number of benzene rings is 2. The number of carbonyl (C=O) groups excluding carboxylic acids is 1. The molecule has 0 atom stereocenters. The van der Waals surface area contributed by atoms with Crippen molar-refractivity contribution in [2.24, 2.45) is 0 Å². The third-order valence-electron chi connectivity index (χ3n) is 5.60. The van der Waals surface area contributed by atoms with Gasteiger partial charge in [-0.05, 0) is 55.7 Å². The summed E-state index contributed by atoms with van der Waals surface area (Å²) >= 11 is 1.73. The van der Waals surface area contributed by atoms with Gasteiger partial charge in [-0.15, -0.1) is 11.3 Å². The molecule has 0 radical (unpaired) electrons. The first kappa shape index (κ1) is 19.7. The van der Waals surface area contributed by atoms with Crippen LogP contribution in [-0.4, -0.2) is 31.1 Å². The molecule has 0 bridgehead atoms. The molecule has 1 aromatic heterocycles. The van der Waals surface area contributed by atoms with Crippen molar-refractivity contribution in [3.05, 3.63) is 81.7 Å². The van der Waals surface area contributed by atoms with Crippen LogP contribution in [0.15, 0.2) is 54.6 Å². The van der Waals surface area contributed by atoms with Crippen LogP contribution in [0.5, 0.6) is 5.75 Å². The van der Waals surface area contributed by atoms with Crippen LogP contribution < -0.4 is 9.64 Å². The molecule has 2 aromatic carbocycles. The summed E-state index contributed by atoms with van der Waals surface area (Å²) in [5, 5.41) is 1.09. The molecule has 0 saturated heterocycles. The summed E-state index contributed by atoms with van der Waals surface area (Å²) in [7, 11) is 1.63. The summed E-state index contributed by atoms with van der Waals surface area (Å²) in [6.07, 6.45) is 0.975. The Labute approximate surface area is 176 Å². The molecule has 0 N–H and O–H groups in total. The zero-order valence-corrected chi connectivity index (χ0v) is 18.0. The highest BCUT2D eigenvalue weighted by atomic mass is 32.1. The van der Waals surface area contributed by atoms with Gasteiger partial charge < -0.3 is 4.74 Å². The van der Waals surface area contributed by atoms with Crippen molar-refractivity contribution in [1.82, 2.24) is 4.90 Å². The molecule has 0 aliphatic carbocycles. The molecule has 5 heteroatoms. The summed E-state index contributed by atoms with van der Waals surface area (Å²) in [5.41, 5.74) is 4.60. The Morgan fingerprint density at radius 2 is 1.79 bits per heavy atom. The summed E-state index contributed by atoms with van der Waals surface area (Å²) in [4.78, 5) is 19.0. The minimum atomic E-state index is 0.0413. The minimum Gasteiger partial charge on any atom is -0.497 e. The zero-order chi connectivity index (χ0) is 20.4. The van der Waals surface area contributed by atoms with E-state index in [4.69, 9.17) is 4.74 Å². The molecule has 3 aromatic rings. The molecule has 1 amide bonds. The fourth-order valence-corrected chi connectivity index (χ4v) is 4.88. The molecule has 4 rings (SSSR count). The smallest absolute Gasteiger partial charge is 0.260 e. The van der Waals surface area contributed by atoms with Gasteiger partial charge in [0.25, 0.3) is 5.91 Å². The Bertz CT molecular complexity index is 996. The normalized spacial score (nSPS) is 14.0. The SMILES string of the molecule is COc1ccc(C(=O)N2CN(CCc3ccccc3)Cc3c2sc(C)c3C)cc1. The highest BCUT2D eigenvalue weighted by Crippen LogP contribution is 2.39. The Morgan fingerprint density at radius 1 is 1.07 bits per heavy atom. The summed E-state index contributed by atoms with van der Waals surface area (Å²) in [5.74, 6) is 0.799. The average Bonchev–Trinajstić information content (AvgIpc) is 3.06. The van der Waals surface area contributed by atoms with Gasteiger partial charge >= 0.3 is 0 Å². The molecule has 0 unspecified atom stereocenters. The van der Waals surface area contributed by atoms with Gasteiger partial charge in [0.2, 0.25) is 0 Å². The van der Waals surface area contributed by atoms with Gasteiger partial charge in [-0.25, -0.2) is 0 Å². The lowest BCUT2D eigenvalue weighted by Crippen LogP contribution is -2.45. The van der Waals surface area contributed by atoms with Crippen LogP contribution in [0, 0.1) is 13.8 Å². The molecule has 29 heavy (non-hydrogen) atoms. The van der Waals surface area contributed by atoms with E-state index in [1.165, 1.54) is 21.6 Å². The van der Waals surface area contributed by atoms with Crippen molar-refractivity contribution < 1.29 is 9.53 Å². The zero-order valence-electron chi connectivity index (χ0n) is 17.1. The van der Waals surface area contributed by atoms with E-state index in [1.54, 1.807) is 18.4 Å². The highest BCUT2D eigenvalue weighted by Gasteiger charge is 2.31. The molecule has 0 fully saturated rings. The van der Waals surface area contributed by atoms with E-state index >= 15 is 0 Å². The van der Waals surface area contributed by atoms with Crippen LogP contribution >= 0.6 is 11.3 Å². The Balaban J connectivity index is 1.59. The van der Waals surface area contributed by atoms with Gasteiger partial charge in [0.1, 0.15) is 10.8 Å². The van der Waals surface area contributed by atoms with E-state index in [1.807, 2.05) is 35.2 Å². The number of thiophene rings is 1. The van der Waals surface area contributed by atoms with Crippen molar-refractivity contribution >= 4 is 22.2 Å². The third-order valence-corrected chi connectivity index (χ3v) is 6.87. The Morgan fingerprint density at radius 3 is 2.48 bits per heavy atom. The van der Waals surface area contributed by atoms with Crippen LogP contribution in [0.3, 0.4) is 0 Å². The number of rotatable bonds is 5.